The van der Waals surface area contributed by atoms with Gasteiger partial charge < -0.3 is 30.2 Å². The van der Waals surface area contributed by atoms with Gasteiger partial charge in [-0.2, -0.15) is 0 Å². The molecule has 4 atom stereocenters. The van der Waals surface area contributed by atoms with Crippen LogP contribution in [0.3, 0.4) is 0 Å². The average Bonchev–Trinajstić information content (AvgIpc) is 4.14. The minimum Gasteiger partial charge on any atom is -0.339 e. The number of pyridine rings is 1. The number of nitrogens with one attached hydrogen (secondary N) is 2. The zero-order valence-corrected chi connectivity index (χ0v) is 30.7. The predicted molar refractivity (Wildman–Crippen MR) is 208 cm³/mol. The molecule has 2 amide bonds. The van der Waals surface area contributed by atoms with E-state index in [9.17, 15) is 9.59 Å². The predicted octanol–water partition coefficient (Wildman–Crippen LogP) is 4.54. The van der Waals surface area contributed by atoms with Gasteiger partial charge in [0.1, 0.15) is 0 Å². The van der Waals surface area contributed by atoms with Gasteiger partial charge in [-0.1, -0.05) is 84.9 Å². The fourth-order valence-electron chi connectivity index (χ4n) is 7.36. The van der Waals surface area contributed by atoms with Gasteiger partial charge in [-0.05, 0) is 66.4 Å². The molecule has 2 N–H and O–H groups in total. The highest BCUT2D eigenvalue weighted by molar-refractivity contribution is 5.79. The first-order valence-electron chi connectivity index (χ1n) is 19.0. The van der Waals surface area contributed by atoms with E-state index in [-0.39, 0.29) is 11.8 Å². The van der Waals surface area contributed by atoms with Gasteiger partial charge in [0.25, 0.3) is 0 Å². The zero-order valence-electron chi connectivity index (χ0n) is 30.7. The van der Waals surface area contributed by atoms with E-state index in [0.717, 1.165) is 70.8 Å². The van der Waals surface area contributed by atoms with E-state index in [2.05, 4.69) is 118 Å². The minimum atomic E-state index is 0.232. The number of rotatable bonds is 10. The maximum Gasteiger partial charge on any atom is 0.236 e. The summed E-state index contributed by atoms with van der Waals surface area (Å²) in [6.07, 6.45) is 5.92. The van der Waals surface area contributed by atoms with E-state index < -0.39 is 0 Å². The highest BCUT2D eigenvalue weighted by Gasteiger charge is 2.39. The Bertz CT molecular complexity index is 1610. The van der Waals surface area contributed by atoms with Crippen LogP contribution in [0.15, 0.2) is 103 Å². The Morgan fingerprint density at radius 1 is 0.558 bits per heavy atom. The molecule has 4 fully saturated rings. The molecule has 4 aromatic rings. The molecule has 9 heteroatoms. The van der Waals surface area contributed by atoms with Crippen molar-refractivity contribution < 1.29 is 9.59 Å². The van der Waals surface area contributed by atoms with Crippen molar-refractivity contribution in [3.63, 3.8) is 0 Å². The molecule has 52 heavy (non-hydrogen) atoms. The summed E-state index contributed by atoms with van der Waals surface area (Å²) in [4.78, 5) is 37.3. The van der Waals surface area contributed by atoms with Gasteiger partial charge in [0.2, 0.25) is 11.8 Å². The summed E-state index contributed by atoms with van der Waals surface area (Å²) in [5.74, 6) is 1.54. The summed E-state index contributed by atoms with van der Waals surface area (Å²) < 4.78 is 0. The van der Waals surface area contributed by atoms with Crippen molar-refractivity contribution in [3.8, 4) is 22.3 Å². The van der Waals surface area contributed by atoms with Gasteiger partial charge in [0.15, 0.2) is 0 Å². The van der Waals surface area contributed by atoms with Crippen LogP contribution in [0, 0.1) is 0 Å². The normalized spacial score (nSPS) is 23.0. The van der Waals surface area contributed by atoms with Crippen LogP contribution in [0.25, 0.3) is 22.3 Å². The van der Waals surface area contributed by atoms with E-state index in [4.69, 9.17) is 0 Å². The third kappa shape index (κ3) is 9.52. The largest absolute Gasteiger partial charge is 0.339 e. The quantitative estimate of drug-likeness (QED) is 0.252. The van der Waals surface area contributed by atoms with Crippen LogP contribution in [0.5, 0.6) is 0 Å². The number of carbonyl (C=O) groups is 2. The fourth-order valence-corrected chi connectivity index (χ4v) is 7.36. The van der Waals surface area contributed by atoms with Crippen molar-refractivity contribution in [1.82, 2.24) is 35.2 Å². The summed E-state index contributed by atoms with van der Waals surface area (Å²) in [5, 5.41) is 6.90. The molecule has 0 bridgehead atoms. The fraction of sp³-hybridized carbons (Fsp3) is 0.419. The van der Waals surface area contributed by atoms with Crippen molar-refractivity contribution in [2.24, 2.45) is 0 Å². The number of hydrogen-bond acceptors (Lipinski definition) is 7. The lowest BCUT2D eigenvalue weighted by Gasteiger charge is -2.32. The molecule has 2 aliphatic carbocycles. The van der Waals surface area contributed by atoms with E-state index in [1.807, 2.05) is 28.1 Å². The summed E-state index contributed by atoms with van der Waals surface area (Å²) in [7, 11) is 4.21. The molecule has 4 aliphatic rings. The number of nitrogens with zero attached hydrogens (tertiary/aromatic N) is 5. The maximum absolute atomic E-state index is 12.3. The van der Waals surface area contributed by atoms with E-state index in [1.54, 1.807) is 6.20 Å². The third-order valence-electron chi connectivity index (χ3n) is 11.1. The molecule has 0 unspecified atom stereocenters. The van der Waals surface area contributed by atoms with Crippen molar-refractivity contribution in [2.45, 2.75) is 36.8 Å². The molecular formula is C43H53N7O2. The Balaban J connectivity index is 0.000000162. The van der Waals surface area contributed by atoms with Crippen LogP contribution in [0.1, 0.15) is 35.8 Å². The monoisotopic (exact) mass is 699 g/mol. The van der Waals surface area contributed by atoms with Gasteiger partial charge in [0, 0.05) is 88.7 Å². The van der Waals surface area contributed by atoms with Crippen LogP contribution in [0.4, 0.5) is 0 Å². The van der Waals surface area contributed by atoms with Gasteiger partial charge in [-0.15, -0.1) is 0 Å². The van der Waals surface area contributed by atoms with Crippen LogP contribution in [-0.2, 0) is 9.59 Å². The molecule has 272 valence electrons. The van der Waals surface area contributed by atoms with E-state index >= 15 is 0 Å². The van der Waals surface area contributed by atoms with Gasteiger partial charge in [0.05, 0.1) is 13.1 Å². The summed E-state index contributed by atoms with van der Waals surface area (Å²) in [6, 6.07) is 33.0. The Labute approximate surface area is 309 Å². The van der Waals surface area contributed by atoms with Crippen LogP contribution >= 0.6 is 0 Å². The first-order valence-corrected chi connectivity index (χ1v) is 19.0. The summed E-state index contributed by atoms with van der Waals surface area (Å²) in [5.41, 5.74) is 7.56. The topological polar surface area (TPSA) is 84.0 Å². The van der Waals surface area contributed by atoms with Crippen LogP contribution in [0.2, 0.25) is 0 Å². The Morgan fingerprint density at radius 2 is 0.981 bits per heavy atom. The average molecular weight is 700 g/mol. The van der Waals surface area contributed by atoms with Crippen molar-refractivity contribution in [1.29, 1.82) is 0 Å². The van der Waals surface area contributed by atoms with Gasteiger partial charge >= 0.3 is 0 Å². The second-order valence-corrected chi connectivity index (χ2v) is 14.9. The lowest BCUT2D eigenvalue weighted by atomic mass is 10.0. The maximum atomic E-state index is 12.3. The first-order chi connectivity index (χ1) is 25.4. The van der Waals surface area contributed by atoms with Gasteiger partial charge in [-0.25, -0.2) is 0 Å². The molecule has 0 radical (unpaired) electrons. The van der Waals surface area contributed by atoms with Crippen LogP contribution < -0.4 is 10.6 Å². The highest BCUT2D eigenvalue weighted by atomic mass is 16.2. The number of aromatic nitrogens is 1. The lowest BCUT2D eigenvalue weighted by molar-refractivity contribution is -0.132. The third-order valence-corrected chi connectivity index (χ3v) is 11.1. The number of hydrogen-bond donors (Lipinski definition) is 2. The molecule has 0 spiro atoms. The standard InChI is InChI=1S/C22H27N3O.C21H26N4O/c1-24-11-13-25(14-12-24)22(26)16-23-21-15-20(21)19-9-7-18(8-10-19)17-5-3-2-4-6-17;1-24-9-11-25(12-10-24)21(26)15-23-20-13-19(20)17-6-4-16(5-7-17)18-3-2-8-22-14-18/h2-10,20-21,23H,11-16H2,1H3;2-8,14,19-20,23H,9-13,15H2,1H3/t20-,21+;19-,20+/m00/s1. The number of amides is 2. The number of carbonyl (C=O) groups excluding carboxylic acids is 2. The van der Waals surface area contributed by atoms with E-state index in [1.165, 1.54) is 27.8 Å². The molecule has 1 aromatic heterocycles. The Hall–Kier alpha value is -4.41. The lowest BCUT2D eigenvalue weighted by Crippen LogP contribution is -2.49. The highest BCUT2D eigenvalue weighted by Crippen LogP contribution is 2.42. The first kappa shape index (κ1) is 36.0. The smallest absolute Gasteiger partial charge is 0.236 e. The zero-order chi connectivity index (χ0) is 35.9. The van der Waals surface area contributed by atoms with Crippen molar-refractivity contribution in [2.75, 3.05) is 79.5 Å². The summed E-state index contributed by atoms with van der Waals surface area (Å²) >= 11 is 0. The second-order valence-electron chi connectivity index (χ2n) is 14.9. The Morgan fingerprint density at radius 3 is 1.42 bits per heavy atom. The van der Waals surface area contributed by atoms with Crippen molar-refractivity contribution >= 4 is 11.8 Å². The molecule has 3 heterocycles. The Kier molecular flexibility index (Phi) is 11.7. The number of benzene rings is 3. The van der Waals surface area contributed by atoms with E-state index in [0.29, 0.717) is 37.0 Å². The molecule has 2 saturated carbocycles. The molecule has 2 aliphatic heterocycles. The van der Waals surface area contributed by atoms with Crippen molar-refractivity contribution in [3.05, 3.63) is 115 Å². The number of likely N-dealkylation sites (N-methyl/N-ethyl adjacent to an activating group) is 2. The molecule has 9 nitrogen and oxygen atoms in total. The van der Waals surface area contributed by atoms with Crippen LogP contribution in [-0.4, -0.2) is 128 Å². The molecular weight excluding hydrogens is 647 g/mol. The second kappa shape index (κ2) is 16.9. The molecule has 3 aromatic carbocycles. The minimum absolute atomic E-state index is 0.232. The molecule has 8 rings (SSSR count). The SMILES string of the molecule is CN1CCN(C(=O)CN[C@@H]2C[C@H]2c2ccc(-c3ccccc3)cc2)CC1.CN1CCN(C(=O)CN[C@@H]2C[C@H]2c2ccc(-c3cccnc3)cc2)CC1. The van der Waals surface area contributed by atoms with Gasteiger partial charge in [-0.3, -0.25) is 14.6 Å². The number of piperazine rings is 2. The molecule has 2 saturated heterocycles. The summed E-state index contributed by atoms with van der Waals surface area (Å²) in [6.45, 7) is 8.23.